The van der Waals surface area contributed by atoms with Gasteiger partial charge in [0, 0.05) is 19.5 Å². The zero-order valence-corrected chi connectivity index (χ0v) is 12.4. The number of carboxylic acid groups (broad SMARTS) is 1. The summed E-state index contributed by atoms with van der Waals surface area (Å²) in [6, 6.07) is 0. The van der Waals surface area contributed by atoms with Crippen molar-refractivity contribution in [2.75, 3.05) is 19.8 Å². The van der Waals surface area contributed by atoms with Gasteiger partial charge in [-0.1, -0.05) is 12.8 Å². The van der Waals surface area contributed by atoms with Crippen LogP contribution < -0.4 is 5.32 Å². The number of hydrogen-bond donors (Lipinski definition) is 3. The van der Waals surface area contributed by atoms with Gasteiger partial charge < -0.3 is 20.4 Å². The summed E-state index contributed by atoms with van der Waals surface area (Å²) in [5.41, 5.74) is 0. The molecule has 0 unspecified atom stereocenters. The lowest BCUT2D eigenvalue weighted by Gasteiger charge is -2.32. The number of carboxylic acids is 1. The van der Waals surface area contributed by atoms with Crippen molar-refractivity contribution >= 4 is 17.8 Å². The van der Waals surface area contributed by atoms with E-state index in [9.17, 15) is 19.5 Å². The molecule has 2 amide bonds. The number of hydrogen-bond acceptors (Lipinski definition) is 4. The number of aliphatic hydroxyl groups is 1. The molecule has 3 N–H and O–H groups in total. The van der Waals surface area contributed by atoms with E-state index in [1.165, 1.54) is 4.90 Å². The summed E-state index contributed by atoms with van der Waals surface area (Å²) in [6.45, 7) is 2.06. The standard InChI is InChI=1S/C14H24N2O5/c1-2-16(8-7-12(18)15-9-17)13(19)10-5-3-4-6-11(10)14(20)21/h10-11,17H,2-9H2,1H3,(H,15,18)(H,20,21)/t10-,11-/m1/s1. The minimum atomic E-state index is -0.915. The Balaban J connectivity index is 2.63. The molecule has 0 aliphatic heterocycles. The zero-order valence-electron chi connectivity index (χ0n) is 12.4. The molecule has 120 valence electrons. The molecular weight excluding hydrogens is 276 g/mol. The summed E-state index contributed by atoms with van der Waals surface area (Å²) in [6.07, 6.45) is 2.93. The van der Waals surface area contributed by atoms with Crippen LogP contribution in [0.4, 0.5) is 0 Å². The average Bonchev–Trinajstić information content (AvgIpc) is 2.47. The van der Waals surface area contributed by atoms with Crippen LogP contribution in [-0.2, 0) is 14.4 Å². The van der Waals surface area contributed by atoms with Gasteiger partial charge in [0.15, 0.2) is 0 Å². The van der Waals surface area contributed by atoms with Crippen molar-refractivity contribution in [1.29, 1.82) is 0 Å². The molecule has 21 heavy (non-hydrogen) atoms. The van der Waals surface area contributed by atoms with E-state index < -0.39 is 24.5 Å². The van der Waals surface area contributed by atoms with E-state index in [4.69, 9.17) is 5.11 Å². The normalized spacial score (nSPS) is 21.6. The zero-order chi connectivity index (χ0) is 15.8. The topological polar surface area (TPSA) is 107 Å². The van der Waals surface area contributed by atoms with Gasteiger partial charge in [0.2, 0.25) is 11.8 Å². The summed E-state index contributed by atoms with van der Waals surface area (Å²) in [5, 5.41) is 20.1. The predicted molar refractivity (Wildman–Crippen MR) is 75.2 cm³/mol. The molecule has 1 aliphatic carbocycles. The van der Waals surface area contributed by atoms with Gasteiger partial charge in [-0.15, -0.1) is 0 Å². The fourth-order valence-corrected chi connectivity index (χ4v) is 2.79. The fourth-order valence-electron chi connectivity index (χ4n) is 2.79. The summed E-state index contributed by atoms with van der Waals surface area (Å²) in [5.74, 6) is -2.53. The second-order valence-corrected chi connectivity index (χ2v) is 5.26. The van der Waals surface area contributed by atoms with Crippen LogP contribution >= 0.6 is 0 Å². The molecule has 0 aromatic carbocycles. The molecule has 0 saturated heterocycles. The number of amides is 2. The van der Waals surface area contributed by atoms with Crippen LogP contribution in [0.25, 0.3) is 0 Å². The number of nitrogens with zero attached hydrogens (tertiary/aromatic N) is 1. The highest BCUT2D eigenvalue weighted by Gasteiger charge is 2.37. The molecule has 0 heterocycles. The van der Waals surface area contributed by atoms with E-state index in [1.54, 1.807) is 6.92 Å². The number of carbonyl (C=O) groups excluding carboxylic acids is 2. The van der Waals surface area contributed by atoms with E-state index in [1.807, 2.05) is 0 Å². The Kier molecular flexibility index (Phi) is 7.14. The molecule has 0 aromatic heterocycles. The van der Waals surface area contributed by atoms with Crippen molar-refractivity contribution in [3.63, 3.8) is 0 Å². The summed E-state index contributed by atoms with van der Waals surface area (Å²) < 4.78 is 0. The van der Waals surface area contributed by atoms with Crippen molar-refractivity contribution in [1.82, 2.24) is 10.2 Å². The first-order chi connectivity index (χ1) is 10.0. The molecule has 0 spiro atoms. The van der Waals surface area contributed by atoms with Gasteiger partial charge in [0.05, 0.1) is 11.8 Å². The van der Waals surface area contributed by atoms with Crippen LogP contribution in [0.5, 0.6) is 0 Å². The minimum Gasteiger partial charge on any atom is -0.481 e. The minimum absolute atomic E-state index is 0.102. The SMILES string of the molecule is CCN(CCC(=O)NCO)C(=O)[C@@H]1CCCC[C@H]1C(=O)O. The lowest BCUT2D eigenvalue weighted by Crippen LogP contribution is -2.43. The van der Waals surface area contributed by atoms with E-state index in [0.717, 1.165) is 12.8 Å². The Hall–Kier alpha value is -1.63. The summed E-state index contributed by atoms with van der Waals surface area (Å²) in [7, 11) is 0. The second-order valence-electron chi connectivity index (χ2n) is 5.26. The average molecular weight is 300 g/mol. The summed E-state index contributed by atoms with van der Waals surface area (Å²) in [4.78, 5) is 36.6. The summed E-state index contributed by atoms with van der Waals surface area (Å²) >= 11 is 0. The number of aliphatic hydroxyl groups excluding tert-OH is 1. The third-order valence-corrected chi connectivity index (χ3v) is 3.98. The molecule has 0 radical (unpaired) electrons. The fraction of sp³-hybridized carbons (Fsp3) is 0.786. The first-order valence-corrected chi connectivity index (χ1v) is 7.40. The van der Waals surface area contributed by atoms with E-state index in [-0.39, 0.29) is 24.8 Å². The molecule has 1 rings (SSSR count). The van der Waals surface area contributed by atoms with Crippen molar-refractivity contribution in [3.05, 3.63) is 0 Å². The molecule has 1 fully saturated rings. The van der Waals surface area contributed by atoms with Crippen molar-refractivity contribution in [2.24, 2.45) is 11.8 Å². The Morgan fingerprint density at radius 3 is 2.33 bits per heavy atom. The van der Waals surface area contributed by atoms with Gasteiger partial charge in [-0.2, -0.15) is 0 Å². The number of carbonyl (C=O) groups is 3. The third kappa shape index (κ3) is 5.00. The van der Waals surface area contributed by atoms with Crippen LogP contribution in [0.2, 0.25) is 0 Å². The largest absolute Gasteiger partial charge is 0.481 e. The van der Waals surface area contributed by atoms with Gasteiger partial charge in [0.25, 0.3) is 0 Å². The van der Waals surface area contributed by atoms with Crippen molar-refractivity contribution in [2.45, 2.75) is 39.0 Å². The molecule has 7 heteroatoms. The lowest BCUT2D eigenvalue weighted by atomic mass is 9.78. The lowest BCUT2D eigenvalue weighted by molar-refractivity contribution is -0.152. The maximum atomic E-state index is 12.5. The van der Waals surface area contributed by atoms with E-state index >= 15 is 0 Å². The Labute approximate surface area is 124 Å². The smallest absolute Gasteiger partial charge is 0.307 e. The van der Waals surface area contributed by atoms with Gasteiger partial charge in [-0.05, 0) is 19.8 Å². The first kappa shape index (κ1) is 17.4. The van der Waals surface area contributed by atoms with Crippen molar-refractivity contribution in [3.8, 4) is 0 Å². The monoisotopic (exact) mass is 300 g/mol. The number of aliphatic carboxylic acids is 1. The Morgan fingerprint density at radius 1 is 1.19 bits per heavy atom. The molecule has 2 atom stereocenters. The van der Waals surface area contributed by atoms with Crippen LogP contribution in [0.3, 0.4) is 0 Å². The quantitative estimate of drug-likeness (QED) is 0.582. The molecule has 7 nitrogen and oxygen atoms in total. The number of nitrogens with one attached hydrogen (secondary N) is 1. The van der Waals surface area contributed by atoms with Crippen LogP contribution in [0.15, 0.2) is 0 Å². The number of rotatable bonds is 7. The molecular formula is C14H24N2O5. The van der Waals surface area contributed by atoms with Crippen LogP contribution in [-0.4, -0.2) is 52.7 Å². The third-order valence-electron chi connectivity index (χ3n) is 3.98. The highest BCUT2D eigenvalue weighted by Crippen LogP contribution is 2.31. The molecule has 0 aromatic rings. The maximum absolute atomic E-state index is 12.5. The first-order valence-electron chi connectivity index (χ1n) is 7.40. The van der Waals surface area contributed by atoms with E-state index in [2.05, 4.69) is 5.32 Å². The van der Waals surface area contributed by atoms with Gasteiger partial charge >= 0.3 is 5.97 Å². The Morgan fingerprint density at radius 2 is 1.81 bits per heavy atom. The highest BCUT2D eigenvalue weighted by atomic mass is 16.4. The predicted octanol–water partition coefficient (Wildman–Crippen LogP) is 0.182. The Bertz CT molecular complexity index is 386. The second kappa shape index (κ2) is 8.61. The van der Waals surface area contributed by atoms with Crippen LogP contribution in [0, 0.1) is 11.8 Å². The molecule has 0 bridgehead atoms. The van der Waals surface area contributed by atoms with Gasteiger partial charge in [-0.3, -0.25) is 14.4 Å². The molecule has 1 saturated carbocycles. The van der Waals surface area contributed by atoms with Gasteiger partial charge in [-0.25, -0.2) is 0 Å². The maximum Gasteiger partial charge on any atom is 0.307 e. The molecule has 1 aliphatic rings. The van der Waals surface area contributed by atoms with E-state index in [0.29, 0.717) is 19.4 Å². The highest BCUT2D eigenvalue weighted by molar-refractivity contribution is 5.85. The van der Waals surface area contributed by atoms with Crippen LogP contribution in [0.1, 0.15) is 39.0 Å². The van der Waals surface area contributed by atoms with Crippen molar-refractivity contribution < 1.29 is 24.6 Å². The van der Waals surface area contributed by atoms with Gasteiger partial charge in [0.1, 0.15) is 6.73 Å².